The molecule has 0 aliphatic heterocycles. The van der Waals surface area contributed by atoms with Gasteiger partial charge >= 0.3 is 11.9 Å². The Hall–Kier alpha value is -1.81. The van der Waals surface area contributed by atoms with Gasteiger partial charge in [0.2, 0.25) is 0 Å². The largest absolute Gasteiger partial charge is 0.478 e. The zero-order valence-electron chi connectivity index (χ0n) is 8.44. The zero-order valence-corrected chi connectivity index (χ0v) is 9.19. The van der Waals surface area contributed by atoms with Crippen molar-refractivity contribution >= 4 is 29.6 Å². The predicted octanol–water partition coefficient (Wildman–Crippen LogP) is 2.22. The number of ether oxygens (including phenoxy) is 1. The highest BCUT2D eigenvalue weighted by Gasteiger charge is 2.10. The number of carbonyl (C=O) groups is 2. The molecular formula is C11H9ClO4. The van der Waals surface area contributed by atoms with Crippen LogP contribution in [0.1, 0.15) is 15.9 Å². The van der Waals surface area contributed by atoms with E-state index in [1.807, 2.05) is 0 Å². The lowest BCUT2D eigenvalue weighted by atomic mass is 10.1. The Morgan fingerprint density at radius 1 is 1.44 bits per heavy atom. The van der Waals surface area contributed by atoms with Gasteiger partial charge in [-0.3, -0.25) is 0 Å². The van der Waals surface area contributed by atoms with Crippen molar-refractivity contribution in [1.29, 1.82) is 0 Å². The highest BCUT2D eigenvalue weighted by Crippen LogP contribution is 2.21. The van der Waals surface area contributed by atoms with Crippen molar-refractivity contribution in [3.05, 3.63) is 40.4 Å². The van der Waals surface area contributed by atoms with E-state index in [0.29, 0.717) is 0 Å². The average Bonchev–Trinajstić information content (AvgIpc) is 2.26. The molecule has 0 aliphatic carbocycles. The van der Waals surface area contributed by atoms with Gasteiger partial charge in [-0.05, 0) is 18.2 Å². The molecule has 0 atom stereocenters. The van der Waals surface area contributed by atoms with E-state index in [0.717, 1.165) is 6.08 Å². The molecular weight excluding hydrogens is 232 g/mol. The Kier molecular flexibility index (Phi) is 4.08. The Labute approximate surface area is 97.1 Å². The Balaban J connectivity index is 3.16. The maximum Gasteiger partial charge on any atom is 0.336 e. The number of carbonyl (C=O) groups excluding carboxylic acids is 1. The van der Waals surface area contributed by atoms with Crippen LogP contribution in [0.15, 0.2) is 24.3 Å². The number of benzene rings is 1. The number of rotatable bonds is 3. The second-order valence-electron chi connectivity index (χ2n) is 2.86. The highest BCUT2D eigenvalue weighted by molar-refractivity contribution is 6.32. The number of halogens is 1. The summed E-state index contributed by atoms with van der Waals surface area (Å²) in [4.78, 5) is 21.8. The lowest BCUT2D eigenvalue weighted by molar-refractivity contribution is -0.134. The summed E-state index contributed by atoms with van der Waals surface area (Å²) < 4.78 is 4.40. The van der Waals surface area contributed by atoms with E-state index in [1.165, 1.54) is 25.3 Å². The van der Waals surface area contributed by atoms with Gasteiger partial charge < -0.3 is 9.84 Å². The number of carboxylic acid groups (broad SMARTS) is 1. The molecule has 1 rings (SSSR count). The van der Waals surface area contributed by atoms with E-state index < -0.39 is 11.9 Å². The molecule has 84 valence electrons. The third-order valence-electron chi connectivity index (χ3n) is 1.87. The van der Waals surface area contributed by atoms with Crippen LogP contribution in [0.5, 0.6) is 0 Å². The lowest BCUT2D eigenvalue weighted by Crippen LogP contribution is -2.00. The molecule has 1 aromatic carbocycles. The Morgan fingerprint density at radius 3 is 2.69 bits per heavy atom. The molecule has 0 saturated carbocycles. The molecule has 1 N–H and O–H groups in total. The van der Waals surface area contributed by atoms with Crippen molar-refractivity contribution in [2.45, 2.75) is 0 Å². The van der Waals surface area contributed by atoms with Gasteiger partial charge in [0.1, 0.15) is 0 Å². The molecule has 0 amide bonds. The van der Waals surface area contributed by atoms with Crippen LogP contribution >= 0.6 is 11.6 Å². The molecule has 0 aromatic heterocycles. The average molecular weight is 241 g/mol. The van der Waals surface area contributed by atoms with Crippen LogP contribution in [0.25, 0.3) is 6.08 Å². The van der Waals surface area contributed by atoms with Crippen molar-refractivity contribution in [3.63, 3.8) is 0 Å². The van der Waals surface area contributed by atoms with Crippen molar-refractivity contribution in [3.8, 4) is 0 Å². The minimum atomic E-state index is -1.10. The van der Waals surface area contributed by atoms with E-state index in [2.05, 4.69) is 4.74 Å². The zero-order chi connectivity index (χ0) is 12.1. The SMILES string of the molecule is COC(=O)C=Cc1c(Cl)cccc1C(=O)O. The number of hydrogen-bond acceptors (Lipinski definition) is 3. The molecule has 0 radical (unpaired) electrons. The molecule has 1 aromatic rings. The number of aromatic carboxylic acids is 1. The first-order chi connectivity index (χ1) is 7.56. The van der Waals surface area contributed by atoms with Gasteiger partial charge in [-0.15, -0.1) is 0 Å². The van der Waals surface area contributed by atoms with Crippen LogP contribution in [0, 0.1) is 0 Å². The van der Waals surface area contributed by atoms with E-state index in [4.69, 9.17) is 16.7 Å². The van der Waals surface area contributed by atoms with Gasteiger partial charge in [-0.1, -0.05) is 17.7 Å². The van der Waals surface area contributed by atoms with Gasteiger partial charge in [-0.25, -0.2) is 9.59 Å². The quantitative estimate of drug-likeness (QED) is 0.650. The standard InChI is InChI=1S/C11H9ClO4/c1-16-10(13)6-5-7-8(11(14)15)3-2-4-9(7)12/h2-6H,1H3,(H,14,15). The van der Waals surface area contributed by atoms with Crippen LogP contribution in [0.4, 0.5) is 0 Å². The second kappa shape index (κ2) is 5.32. The molecule has 0 fully saturated rings. The van der Waals surface area contributed by atoms with E-state index in [-0.39, 0.29) is 16.1 Å². The number of carboxylic acids is 1. The summed E-state index contributed by atoms with van der Waals surface area (Å²) in [5.41, 5.74) is 0.315. The normalized spacial score (nSPS) is 10.4. The summed E-state index contributed by atoms with van der Waals surface area (Å²) >= 11 is 5.83. The van der Waals surface area contributed by atoms with Crippen LogP contribution in [0.3, 0.4) is 0 Å². The highest BCUT2D eigenvalue weighted by atomic mass is 35.5. The third kappa shape index (κ3) is 2.84. The number of methoxy groups -OCH3 is 1. The molecule has 0 bridgehead atoms. The molecule has 5 heteroatoms. The summed E-state index contributed by atoms with van der Waals surface area (Å²) in [5, 5.41) is 9.17. The topological polar surface area (TPSA) is 63.6 Å². The maximum atomic E-state index is 10.9. The number of esters is 1. The second-order valence-corrected chi connectivity index (χ2v) is 3.27. The van der Waals surface area contributed by atoms with Gasteiger partial charge in [0, 0.05) is 16.7 Å². The predicted molar refractivity (Wildman–Crippen MR) is 59.5 cm³/mol. The number of hydrogen-bond donors (Lipinski definition) is 1. The van der Waals surface area contributed by atoms with Gasteiger partial charge in [0.15, 0.2) is 0 Å². The summed E-state index contributed by atoms with van der Waals surface area (Å²) in [6.07, 6.45) is 2.44. The van der Waals surface area contributed by atoms with Crippen LogP contribution in [0.2, 0.25) is 5.02 Å². The summed E-state index contributed by atoms with van der Waals surface area (Å²) in [6.45, 7) is 0. The van der Waals surface area contributed by atoms with Gasteiger partial charge in [0.25, 0.3) is 0 Å². The minimum Gasteiger partial charge on any atom is -0.478 e. The van der Waals surface area contributed by atoms with Crippen molar-refractivity contribution < 1.29 is 19.4 Å². The fourth-order valence-electron chi connectivity index (χ4n) is 1.11. The molecule has 0 aliphatic rings. The molecule has 0 spiro atoms. The minimum absolute atomic E-state index is 0.0349. The van der Waals surface area contributed by atoms with Crippen molar-refractivity contribution in [2.24, 2.45) is 0 Å². The van der Waals surface area contributed by atoms with E-state index in [1.54, 1.807) is 6.07 Å². The first-order valence-electron chi connectivity index (χ1n) is 4.34. The molecule has 0 heterocycles. The van der Waals surface area contributed by atoms with Crippen LogP contribution in [-0.4, -0.2) is 24.2 Å². The molecule has 4 nitrogen and oxygen atoms in total. The summed E-state index contributed by atoms with van der Waals surface area (Å²) in [7, 11) is 1.23. The van der Waals surface area contributed by atoms with Gasteiger partial charge in [-0.2, -0.15) is 0 Å². The lowest BCUT2D eigenvalue weighted by Gasteiger charge is -2.02. The summed E-state index contributed by atoms with van der Waals surface area (Å²) in [6, 6.07) is 4.48. The van der Waals surface area contributed by atoms with Crippen molar-refractivity contribution in [2.75, 3.05) is 7.11 Å². The third-order valence-corrected chi connectivity index (χ3v) is 2.20. The van der Waals surface area contributed by atoms with E-state index in [9.17, 15) is 9.59 Å². The fourth-order valence-corrected chi connectivity index (χ4v) is 1.35. The Morgan fingerprint density at radius 2 is 2.12 bits per heavy atom. The molecule has 0 saturated heterocycles. The first kappa shape index (κ1) is 12.3. The van der Waals surface area contributed by atoms with Crippen LogP contribution in [-0.2, 0) is 9.53 Å². The molecule has 0 unspecified atom stereocenters. The first-order valence-corrected chi connectivity index (χ1v) is 4.72. The fraction of sp³-hybridized carbons (Fsp3) is 0.0909. The van der Waals surface area contributed by atoms with Crippen molar-refractivity contribution in [1.82, 2.24) is 0 Å². The Bertz CT molecular complexity index is 451. The summed E-state index contributed by atoms with van der Waals surface area (Å²) in [5.74, 6) is -1.68. The maximum absolute atomic E-state index is 10.9. The van der Waals surface area contributed by atoms with Crippen LogP contribution < -0.4 is 0 Å². The van der Waals surface area contributed by atoms with Gasteiger partial charge in [0.05, 0.1) is 12.7 Å². The smallest absolute Gasteiger partial charge is 0.336 e. The monoisotopic (exact) mass is 240 g/mol. The molecule has 16 heavy (non-hydrogen) atoms. The van der Waals surface area contributed by atoms with E-state index >= 15 is 0 Å².